The number of aromatic nitrogens is 3. The molecule has 2 aromatic heterocycles. The highest BCUT2D eigenvalue weighted by Gasteiger charge is 2.14. The number of carbonyl (C=O) groups excluding carboxylic acids is 1. The first-order chi connectivity index (χ1) is 9.06. The predicted octanol–water partition coefficient (Wildman–Crippen LogP) is 0.777. The molecule has 0 bridgehead atoms. The zero-order chi connectivity index (χ0) is 14.0. The Balaban J connectivity index is 2.30. The van der Waals surface area contributed by atoms with Crippen LogP contribution in [-0.4, -0.2) is 38.4 Å². The lowest BCUT2D eigenvalue weighted by Crippen LogP contribution is -2.36. The van der Waals surface area contributed by atoms with E-state index in [4.69, 9.17) is 5.11 Å². The number of pyridine rings is 1. The highest BCUT2D eigenvalue weighted by atomic mass is 16.3. The standard InChI is InChI=1S/C13H18N4O2/c1-4-10(7-18)15-13(19)9-5-11-8(2)16-17(3)12(11)14-6-9/h5-6,10,18H,4,7H2,1-3H3,(H,15,19)/t10-/m0/s1. The summed E-state index contributed by atoms with van der Waals surface area (Å²) in [6.07, 6.45) is 2.21. The molecule has 1 atom stereocenters. The quantitative estimate of drug-likeness (QED) is 0.853. The van der Waals surface area contributed by atoms with Crippen molar-refractivity contribution in [3.8, 4) is 0 Å². The van der Waals surface area contributed by atoms with Crippen molar-refractivity contribution in [2.75, 3.05) is 6.61 Å². The van der Waals surface area contributed by atoms with E-state index in [2.05, 4.69) is 15.4 Å². The van der Waals surface area contributed by atoms with Crippen LogP contribution in [-0.2, 0) is 7.05 Å². The van der Waals surface area contributed by atoms with Crippen molar-refractivity contribution in [3.63, 3.8) is 0 Å². The smallest absolute Gasteiger partial charge is 0.253 e. The molecule has 6 heteroatoms. The molecule has 2 aromatic rings. The first-order valence-electron chi connectivity index (χ1n) is 6.27. The van der Waals surface area contributed by atoms with Crippen molar-refractivity contribution in [2.45, 2.75) is 26.3 Å². The lowest BCUT2D eigenvalue weighted by Gasteiger charge is -2.13. The van der Waals surface area contributed by atoms with Gasteiger partial charge in [-0.1, -0.05) is 6.92 Å². The van der Waals surface area contributed by atoms with Crippen molar-refractivity contribution in [2.24, 2.45) is 7.05 Å². The number of aliphatic hydroxyl groups is 1. The second-order valence-corrected chi connectivity index (χ2v) is 4.57. The van der Waals surface area contributed by atoms with Crippen molar-refractivity contribution >= 4 is 16.9 Å². The van der Waals surface area contributed by atoms with E-state index in [-0.39, 0.29) is 18.6 Å². The fraction of sp³-hybridized carbons (Fsp3) is 0.462. The molecule has 0 spiro atoms. The Bertz CT molecular complexity index is 602. The number of nitrogens with zero attached hydrogens (tertiary/aromatic N) is 3. The third-order valence-corrected chi connectivity index (χ3v) is 3.17. The number of rotatable bonds is 4. The lowest BCUT2D eigenvalue weighted by atomic mass is 10.1. The van der Waals surface area contributed by atoms with Gasteiger partial charge < -0.3 is 10.4 Å². The molecule has 0 aromatic carbocycles. The van der Waals surface area contributed by atoms with Gasteiger partial charge in [-0.2, -0.15) is 5.10 Å². The van der Waals surface area contributed by atoms with Gasteiger partial charge in [0.15, 0.2) is 5.65 Å². The molecule has 6 nitrogen and oxygen atoms in total. The fourth-order valence-electron chi connectivity index (χ4n) is 1.98. The minimum absolute atomic E-state index is 0.0656. The van der Waals surface area contributed by atoms with Crippen LogP contribution < -0.4 is 5.32 Å². The highest BCUT2D eigenvalue weighted by molar-refractivity contribution is 5.97. The van der Waals surface area contributed by atoms with Crippen LogP contribution in [0.1, 0.15) is 29.4 Å². The summed E-state index contributed by atoms with van der Waals surface area (Å²) in [6, 6.07) is 1.56. The first kappa shape index (κ1) is 13.5. The molecule has 0 radical (unpaired) electrons. The number of hydrogen-bond acceptors (Lipinski definition) is 4. The van der Waals surface area contributed by atoms with E-state index >= 15 is 0 Å². The van der Waals surface area contributed by atoms with Crippen LogP contribution in [0.4, 0.5) is 0 Å². The summed E-state index contributed by atoms with van der Waals surface area (Å²) >= 11 is 0. The van der Waals surface area contributed by atoms with E-state index in [0.717, 1.165) is 16.7 Å². The van der Waals surface area contributed by atoms with E-state index in [1.165, 1.54) is 6.20 Å². The van der Waals surface area contributed by atoms with Crippen LogP contribution in [0.3, 0.4) is 0 Å². The summed E-state index contributed by atoms with van der Waals surface area (Å²) in [7, 11) is 1.82. The Morgan fingerprint density at radius 2 is 2.32 bits per heavy atom. The summed E-state index contributed by atoms with van der Waals surface area (Å²) in [4.78, 5) is 16.3. The molecule has 0 unspecified atom stereocenters. The molecule has 19 heavy (non-hydrogen) atoms. The molecule has 1 amide bonds. The van der Waals surface area contributed by atoms with E-state index in [0.29, 0.717) is 12.0 Å². The molecule has 2 heterocycles. The average molecular weight is 262 g/mol. The molecule has 0 aliphatic heterocycles. The van der Waals surface area contributed by atoms with E-state index in [9.17, 15) is 4.79 Å². The molecule has 0 aliphatic rings. The van der Waals surface area contributed by atoms with Gasteiger partial charge in [0.1, 0.15) is 0 Å². The van der Waals surface area contributed by atoms with Crippen molar-refractivity contribution in [1.29, 1.82) is 0 Å². The molecule has 0 saturated carbocycles. The van der Waals surface area contributed by atoms with Crippen molar-refractivity contribution in [1.82, 2.24) is 20.1 Å². The van der Waals surface area contributed by atoms with Gasteiger partial charge in [-0.25, -0.2) is 4.98 Å². The van der Waals surface area contributed by atoms with Gasteiger partial charge in [-0.3, -0.25) is 9.48 Å². The first-order valence-corrected chi connectivity index (χ1v) is 6.27. The Hall–Kier alpha value is -1.95. The minimum atomic E-state index is -0.224. The van der Waals surface area contributed by atoms with Gasteiger partial charge in [-0.05, 0) is 19.4 Å². The molecular formula is C13H18N4O2. The summed E-state index contributed by atoms with van der Waals surface area (Å²) < 4.78 is 1.69. The molecular weight excluding hydrogens is 244 g/mol. The molecule has 0 aliphatic carbocycles. The zero-order valence-corrected chi connectivity index (χ0v) is 11.3. The third-order valence-electron chi connectivity index (χ3n) is 3.17. The number of hydrogen-bond donors (Lipinski definition) is 2. The van der Waals surface area contributed by atoms with Crippen LogP contribution in [0.25, 0.3) is 11.0 Å². The van der Waals surface area contributed by atoms with Crippen LogP contribution in [0, 0.1) is 6.92 Å². The maximum Gasteiger partial charge on any atom is 0.253 e. The second-order valence-electron chi connectivity index (χ2n) is 4.57. The topological polar surface area (TPSA) is 80.0 Å². The second kappa shape index (κ2) is 5.36. The Morgan fingerprint density at radius 1 is 1.58 bits per heavy atom. The fourth-order valence-corrected chi connectivity index (χ4v) is 1.98. The van der Waals surface area contributed by atoms with Crippen LogP contribution >= 0.6 is 0 Å². The number of aliphatic hydroxyl groups excluding tert-OH is 1. The lowest BCUT2D eigenvalue weighted by molar-refractivity contribution is 0.0915. The van der Waals surface area contributed by atoms with Gasteiger partial charge in [0, 0.05) is 18.6 Å². The third kappa shape index (κ3) is 2.58. The van der Waals surface area contributed by atoms with Crippen LogP contribution in [0.5, 0.6) is 0 Å². The van der Waals surface area contributed by atoms with Gasteiger partial charge in [-0.15, -0.1) is 0 Å². The zero-order valence-electron chi connectivity index (χ0n) is 11.3. The van der Waals surface area contributed by atoms with E-state index in [1.54, 1.807) is 10.7 Å². The number of nitrogens with one attached hydrogen (secondary N) is 1. The number of aryl methyl sites for hydroxylation is 2. The maximum atomic E-state index is 12.0. The van der Waals surface area contributed by atoms with Gasteiger partial charge in [0.25, 0.3) is 5.91 Å². The Morgan fingerprint density at radius 3 is 2.95 bits per heavy atom. The molecule has 2 N–H and O–H groups in total. The van der Waals surface area contributed by atoms with Crippen molar-refractivity contribution in [3.05, 3.63) is 23.5 Å². The molecule has 102 valence electrons. The summed E-state index contributed by atoms with van der Waals surface area (Å²) in [5, 5.41) is 17.0. The van der Waals surface area contributed by atoms with Crippen LogP contribution in [0.2, 0.25) is 0 Å². The molecule has 0 saturated heterocycles. The Kier molecular flexibility index (Phi) is 3.80. The summed E-state index contributed by atoms with van der Waals surface area (Å²) in [5.74, 6) is -0.224. The summed E-state index contributed by atoms with van der Waals surface area (Å²) in [6.45, 7) is 3.73. The predicted molar refractivity (Wildman–Crippen MR) is 71.9 cm³/mol. The SMILES string of the molecule is CC[C@@H](CO)NC(=O)c1cnc2c(c1)c(C)nn2C. The monoisotopic (exact) mass is 262 g/mol. The van der Waals surface area contributed by atoms with Gasteiger partial charge >= 0.3 is 0 Å². The number of amides is 1. The minimum Gasteiger partial charge on any atom is -0.394 e. The Labute approximate surface area is 111 Å². The average Bonchev–Trinajstić information content (AvgIpc) is 2.70. The summed E-state index contributed by atoms with van der Waals surface area (Å²) in [5.41, 5.74) is 2.08. The van der Waals surface area contributed by atoms with E-state index in [1.807, 2.05) is 20.9 Å². The maximum absolute atomic E-state index is 12.0. The number of fused-ring (bicyclic) bond motifs is 1. The normalized spacial score (nSPS) is 12.6. The van der Waals surface area contributed by atoms with E-state index < -0.39 is 0 Å². The highest BCUT2D eigenvalue weighted by Crippen LogP contribution is 2.16. The molecule has 0 fully saturated rings. The molecule has 2 rings (SSSR count). The van der Waals surface area contributed by atoms with Crippen LogP contribution in [0.15, 0.2) is 12.3 Å². The van der Waals surface area contributed by atoms with Crippen molar-refractivity contribution < 1.29 is 9.90 Å². The largest absolute Gasteiger partial charge is 0.394 e. The number of carbonyl (C=O) groups is 1. The van der Waals surface area contributed by atoms with Gasteiger partial charge in [0.05, 0.1) is 23.9 Å². The van der Waals surface area contributed by atoms with Gasteiger partial charge in [0.2, 0.25) is 0 Å².